The van der Waals surface area contributed by atoms with E-state index in [9.17, 15) is 9.59 Å². The lowest BCUT2D eigenvalue weighted by atomic mass is 9.84. The molecule has 2 aliphatic rings. The van der Waals surface area contributed by atoms with Crippen LogP contribution < -0.4 is 5.63 Å². The number of aryl methyl sites for hydroxylation is 2. The minimum Gasteiger partial charge on any atom is -0.469 e. The van der Waals surface area contributed by atoms with E-state index in [1.165, 1.54) is 24.0 Å². The Morgan fingerprint density at radius 2 is 1.97 bits per heavy atom. The van der Waals surface area contributed by atoms with E-state index in [0.717, 1.165) is 67.4 Å². The number of methoxy groups -OCH3 is 1. The van der Waals surface area contributed by atoms with Gasteiger partial charge in [0.15, 0.2) is 0 Å². The molecule has 2 aromatic heterocycles. The molecule has 3 aromatic rings. The van der Waals surface area contributed by atoms with E-state index in [1.54, 1.807) is 11.3 Å². The second-order valence-electron chi connectivity index (χ2n) is 10.2. The van der Waals surface area contributed by atoms with Crippen LogP contribution >= 0.6 is 11.3 Å². The van der Waals surface area contributed by atoms with Gasteiger partial charge >= 0.3 is 11.6 Å². The number of thiophene rings is 1. The number of benzene rings is 1. The van der Waals surface area contributed by atoms with Gasteiger partial charge in [0.2, 0.25) is 5.89 Å². The molecule has 0 aliphatic heterocycles. The Balaban J connectivity index is 1.37. The van der Waals surface area contributed by atoms with Gasteiger partial charge in [0.1, 0.15) is 10.2 Å². The third-order valence-electron chi connectivity index (χ3n) is 7.65. The summed E-state index contributed by atoms with van der Waals surface area (Å²) in [6, 6.07) is 9.02. The molecule has 35 heavy (non-hydrogen) atoms. The molecule has 0 unspecified atom stereocenters. The second-order valence-corrected chi connectivity index (χ2v) is 11.3. The number of aromatic nitrogens is 1. The fraction of sp³-hybridized carbons (Fsp3) is 0.536. The minimum atomic E-state index is -0.263. The van der Waals surface area contributed by atoms with Crippen LogP contribution in [0.25, 0.3) is 21.7 Å². The van der Waals surface area contributed by atoms with Gasteiger partial charge in [-0.1, -0.05) is 12.1 Å². The summed E-state index contributed by atoms with van der Waals surface area (Å²) in [6.45, 7) is 5.26. The molecule has 2 heterocycles. The van der Waals surface area contributed by atoms with Crippen molar-refractivity contribution in [2.24, 2.45) is 5.92 Å². The summed E-state index contributed by atoms with van der Waals surface area (Å²) >= 11 is 1.65. The summed E-state index contributed by atoms with van der Waals surface area (Å²) in [6.07, 6.45) is 8.02. The Kier molecular flexibility index (Phi) is 7.07. The Hall–Kier alpha value is -2.51. The van der Waals surface area contributed by atoms with E-state index < -0.39 is 0 Å². The summed E-state index contributed by atoms with van der Waals surface area (Å²) in [5.41, 5.74) is 2.90. The average molecular weight is 495 g/mol. The lowest BCUT2D eigenvalue weighted by molar-refractivity contribution is -0.147. The lowest BCUT2D eigenvalue weighted by Crippen LogP contribution is -2.42. The highest BCUT2D eigenvalue weighted by Crippen LogP contribution is 2.35. The molecule has 7 heteroatoms. The maximum Gasteiger partial charge on any atom is 0.348 e. The highest BCUT2D eigenvalue weighted by atomic mass is 32.1. The van der Waals surface area contributed by atoms with E-state index in [2.05, 4.69) is 30.9 Å². The summed E-state index contributed by atoms with van der Waals surface area (Å²) in [5.74, 6) is 0.350. The number of carbonyl (C=O) groups is 1. The topological polar surface area (TPSA) is 72.6 Å². The Labute approximate surface area is 210 Å². The van der Waals surface area contributed by atoms with Gasteiger partial charge in [-0.25, -0.2) is 9.78 Å². The molecule has 5 rings (SSSR count). The number of ether oxygens (including phenoxy) is 1. The normalized spacial score (nSPS) is 20.4. The molecule has 0 saturated heterocycles. The van der Waals surface area contributed by atoms with Crippen molar-refractivity contribution in [3.63, 3.8) is 0 Å². The van der Waals surface area contributed by atoms with Crippen molar-refractivity contribution in [1.82, 2.24) is 9.88 Å². The fourth-order valence-corrected chi connectivity index (χ4v) is 7.02. The zero-order valence-corrected chi connectivity index (χ0v) is 21.7. The predicted octanol–water partition coefficient (Wildman–Crippen LogP) is 5.74. The summed E-state index contributed by atoms with van der Waals surface area (Å²) in [7, 11) is 1.48. The number of hydrogen-bond donors (Lipinski definition) is 0. The van der Waals surface area contributed by atoms with Crippen LogP contribution in [0.2, 0.25) is 0 Å². The van der Waals surface area contributed by atoms with Gasteiger partial charge in [-0.2, -0.15) is 0 Å². The minimum absolute atomic E-state index is 0.0281. The predicted molar refractivity (Wildman–Crippen MR) is 139 cm³/mol. The third kappa shape index (κ3) is 4.94. The quantitative estimate of drug-likeness (QED) is 0.407. The first kappa shape index (κ1) is 24.2. The van der Waals surface area contributed by atoms with Gasteiger partial charge in [0.05, 0.1) is 13.0 Å². The molecule has 0 spiro atoms. The summed E-state index contributed by atoms with van der Waals surface area (Å²) < 4.78 is 10.7. The van der Waals surface area contributed by atoms with Crippen LogP contribution in [0.15, 0.2) is 33.5 Å². The maximum atomic E-state index is 12.9. The third-order valence-corrected chi connectivity index (χ3v) is 8.84. The number of carbonyl (C=O) groups excluding carboxylic acids is 1. The fourth-order valence-electron chi connectivity index (χ4n) is 5.77. The molecule has 1 aromatic carbocycles. The van der Waals surface area contributed by atoms with Crippen molar-refractivity contribution in [3.8, 4) is 11.5 Å². The number of rotatable bonds is 6. The summed E-state index contributed by atoms with van der Waals surface area (Å²) in [5, 5.41) is 0.693. The first-order chi connectivity index (χ1) is 16.9. The molecule has 0 bridgehead atoms. The molecule has 186 valence electrons. The summed E-state index contributed by atoms with van der Waals surface area (Å²) in [4.78, 5) is 34.3. The van der Waals surface area contributed by atoms with Gasteiger partial charge in [0, 0.05) is 29.1 Å². The van der Waals surface area contributed by atoms with Crippen molar-refractivity contribution in [3.05, 3.63) is 50.7 Å². The number of hydrogen-bond acceptors (Lipinski definition) is 7. The van der Waals surface area contributed by atoms with Crippen molar-refractivity contribution in [2.45, 2.75) is 83.8 Å². The van der Waals surface area contributed by atoms with Gasteiger partial charge in [-0.15, -0.1) is 11.3 Å². The Bertz CT molecular complexity index is 1270. The molecule has 1 saturated carbocycles. The van der Waals surface area contributed by atoms with Gasteiger partial charge < -0.3 is 9.15 Å². The van der Waals surface area contributed by atoms with Crippen molar-refractivity contribution < 1.29 is 13.9 Å². The standard InChI is InChI=1S/C28H34N2O4S/c1-17(2)30(21-13-11-19(12-14-21)27(31)33-3)16-18-7-6-8-20(15-18)25-29-26-24(28(32)34-25)22-9-4-5-10-23(22)35-26/h6-8,15,17,19,21H,4-5,9-14,16H2,1-3H3. The first-order valence-electron chi connectivity index (χ1n) is 12.8. The van der Waals surface area contributed by atoms with Crippen LogP contribution in [0.4, 0.5) is 0 Å². The van der Waals surface area contributed by atoms with E-state index in [4.69, 9.17) is 14.1 Å². The molecule has 0 atom stereocenters. The zero-order chi connectivity index (χ0) is 24.5. The number of fused-ring (bicyclic) bond motifs is 3. The van der Waals surface area contributed by atoms with Crippen LogP contribution in [0.5, 0.6) is 0 Å². The van der Waals surface area contributed by atoms with E-state index >= 15 is 0 Å². The molecular formula is C28H34N2O4S. The van der Waals surface area contributed by atoms with Crippen molar-refractivity contribution in [2.75, 3.05) is 7.11 Å². The van der Waals surface area contributed by atoms with Crippen LogP contribution in [-0.4, -0.2) is 35.0 Å². The molecule has 2 aliphatic carbocycles. The Morgan fingerprint density at radius 1 is 1.20 bits per heavy atom. The van der Waals surface area contributed by atoms with E-state index in [1.807, 2.05) is 12.1 Å². The molecule has 0 amide bonds. The zero-order valence-electron chi connectivity index (χ0n) is 20.8. The lowest BCUT2D eigenvalue weighted by Gasteiger charge is -2.39. The van der Waals surface area contributed by atoms with Gasteiger partial charge in [0.25, 0.3) is 0 Å². The molecule has 0 N–H and O–H groups in total. The molecule has 6 nitrogen and oxygen atoms in total. The Morgan fingerprint density at radius 3 is 2.71 bits per heavy atom. The molecule has 1 fully saturated rings. The molecular weight excluding hydrogens is 460 g/mol. The number of esters is 1. The van der Waals surface area contributed by atoms with E-state index in [0.29, 0.717) is 23.4 Å². The molecule has 0 radical (unpaired) electrons. The SMILES string of the molecule is COC(=O)C1CCC(N(Cc2cccc(-c3nc4sc5c(c4c(=O)o3)CCCC5)c2)C(C)C)CC1. The second kappa shape index (κ2) is 10.2. The average Bonchev–Trinajstić information content (AvgIpc) is 3.26. The van der Waals surface area contributed by atoms with Crippen molar-refractivity contribution in [1.29, 1.82) is 0 Å². The first-order valence-corrected chi connectivity index (χ1v) is 13.6. The van der Waals surface area contributed by atoms with Crippen LogP contribution in [0.3, 0.4) is 0 Å². The van der Waals surface area contributed by atoms with Crippen molar-refractivity contribution >= 4 is 27.5 Å². The maximum absolute atomic E-state index is 12.9. The number of nitrogens with zero attached hydrogens (tertiary/aromatic N) is 2. The van der Waals surface area contributed by atoms with Gasteiger partial charge in [-0.3, -0.25) is 9.69 Å². The van der Waals surface area contributed by atoms with Crippen LogP contribution in [0.1, 0.15) is 68.4 Å². The van der Waals surface area contributed by atoms with E-state index in [-0.39, 0.29) is 17.5 Å². The van der Waals surface area contributed by atoms with Crippen LogP contribution in [-0.2, 0) is 28.9 Å². The van der Waals surface area contributed by atoms with Gasteiger partial charge in [-0.05, 0) is 88.5 Å². The highest BCUT2D eigenvalue weighted by molar-refractivity contribution is 7.18. The van der Waals surface area contributed by atoms with Crippen LogP contribution in [0, 0.1) is 5.92 Å². The monoisotopic (exact) mass is 494 g/mol. The largest absolute Gasteiger partial charge is 0.469 e. The highest BCUT2D eigenvalue weighted by Gasteiger charge is 2.31. The smallest absolute Gasteiger partial charge is 0.348 e.